The number of amides is 1. The minimum atomic E-state index is 0. The number of halogens is 1. The van der Waals surface area contributed by atoms with Crippen LogP contribution in [0.15, 0.2) is 23.2 Å². The minimum absolute atomic E-state index is 0. The Morgan fingerprint density at radius 2 is 1.65 bits per heavy atom. The van der Waals surface area contributed by atoms with Crippen molar-refractivity contribution in [1.82, 2.24) is 20.0 Å². The second kappa shape index (κ2) is 12.5. The number of carbonyl (C=O) groups excluding carboxylic acids is 1. The molecule has 174 valence electrons. The summed E-state index contributed by atoms with van der Waals surface area (Å²) in [5, 5.41) is 3.47. The van der Waals surface area contributed by atoms with E-state index in [1.54, 1.807) is 6.92 Å². The number of anilines is 1. The molecule has 0 radical (unpaired) electrons. The van der Waals surface area contributed by atoms with E-state index >= 15 is 0 Å². The van der Waals surface area contributed by atoms with Crippen LogP contribution in [0, 0.1) is 13.8 Å². The van der Waals surface area contributed by atoms with Gasteiger partial charge in [-0.1, -0.05) is 12.1 Å². The normalized spacial score (nSPS) is 18.1. The first-order valence-electron chi connectivity index (χ1n) is 11.3. The van der Waals surface area contributed by atoms with Crippen molar-refractivity contribution in [2.75, 3.05) is 76.9 Å². The maximum atomic E-state index is 11.5. The lowest BCUT2D eigenvalue weighted by molar-refractivity contribution is -0.130. The summed E-state index contributed by atoms with van der Waals surface area (Å²) in [6.45, 7) is 18.4. The number of nitrogens with one attached hydrogen (secondary N) is 1. The van der Waals surface area contributed by atoms with Gasteiger partial charge >= 0.3 is 0 Å². The smallest absolute Gasteiger partial charge is 0.219 e. The Morgan fingerprint density at radius 3 is 2.26 bits per heavy atom. The fourth-order valence-corrected chi connectivity index (χ4v) is 4.25. The molecule has 2 heterocycles. The molecule has 1 aromatic carbocycles. The molecule has 0 saturated carbocycles. The average molecular weight is 543 g/mol. The molecule has 0 spiro atoms. The first-order valence-corrected chi connectivity index (χ1v) is 11.3. The summed E-state index contributed by atoms with van der Waals surface area (Å²) < 4.78 is 0. The maximum Gasteiger partial charge on any atom is 0.219 e. The molecule has 0 aliphatic carbocycles. The van der Waals surface area contributed by atoms with Crippen molar-refractivity contribution < 1.29 is 4.79 Å². The molecule has 3 rings (SSSR count). The van der Waals surface area contributed by atoms with E-state index in [-0.39, 0.29) is 29.9 Å². The predicted molar refractivity (Wildman–Crippen MR) is 140 cm³/mol. The van der Waals surface area contributed by atoms with E-state index in [0.29, 0.717) is 0 Å². The quantitative estimate of drug-likeness (QED) is 0.351. The third-order valence-corrected chi connectivity index (χ3v) is 6.33. The van der Waals surface area contributed by atoms with Gasteiger partial charge in [-0.25, -0.2) is 0 Å². The van der Waals surface area contributed by atoms with Crippen molar-refractivity contribution in [1.29, 1.82) is 0 Å². The van der Waals surface area contributed by atoms with Gasteiger partial charge in [0.1, 0.15) is 0 Å². The van der Waals surface area contributed by atoms with Crippen molar-refractivity contribution in [3.8, 4) is 0 Å². The van der Waals surface area contributed by atoms with Crippen LogP contribution in [-0.4, -0.2) is 98.6 Å². The molecule has 0 atom stereocenters. The Hall–Kier alpha value is -1.55. The van der Waals surface area contributed by atoms with Gasteiger partial charge in [-0.3, -0.25) is 14.7 Å². The fourth-order valence-electron chi connectivity index (χ4n) is 4.25. The third-order valence-electron chi connectivity index (χ3n) is 6.33. The molecule has 1 aromatic rings. The van der Waals surface area contributed by atoms with Crippen molar-refractivity contribution >= 4 is 41.5 Å². The van der Waals surface area contributed by atoms with Crippen molar-refractivity contribution in [2.24, 2.45) is 4.99 Å². The lowest BCUT2D eigenvalue weighted by atomic mass is 10.1. The lowest BCUT2D eigenvalue weighted by Gasteiger charge is -2.38. The predicted octanol–water partition coefficient (Wildman–Crippen LogP) is 2.17. The number of aryl methyl sites for hydroxylation is 1. The Balaban J connectivity index is 0.00000341. The standard InChI is InChI=1S/C23H38N6O.HI/c1-5-24-23(25-9-10-26-11-13-27(14-12-26)21(4)30)29-17-15-28(16-18-29)22-8-6-7-19(2)20(22)3;/h6-8H,5,9-18H2,1-4H3,(H,24,25);1H. The lowest BCUT2D eigenvalue weighted by Crippen LogP contribution is -2.53. The number of nitrogens with zero attached hydrogens (tertiary/aromatic N) is 5. The second-order valence-electron chi connectivity index (χ2n) is 8.28. The summed E-state index contributed by atoms with van der Waals surface area (Å²) >= 11 is 0. The van der Waals surface area contributed by atoms with Gasteiger partial charge in [0.2, 0.25) is 5.91 Å². The number of piperazine rings is 2. The molecule has 7 nitrogen and oxygen atoms in total. The minimum Gasteiger partial charge on any atom is -0.368 e. The maximum absolute atomic E-state index is 11.5. The van der Waals surface area contributed by atoms with Crippen LogP contribution in [0.2, 0.25) is 0 Å². The van der Waals surface area contributed by atoms with E-state index in [1.807, 2.05) is 4.90 Å². The van der Waals surface area contributed by atoms with Crippen LogP contribution in [-0.2, 0) is 4.79 Å². The molecular weight excluding hydrogens is 503 g/mol. The number of guanidine groups is 1. The summed E-state index contributed by atoms with van der Waals surface area (Å²) in [4.78, 5) is 25.6. The molecule has 1 N–H and O–H groups in total. The van der Waals surface area contributed by atoms with Crippen LogP contribution in [0.1, 0.15) is 25.0 Å². The van der Waals surface area contributed by atoms with E-state index in [1.165, 1.54) is 16.8 Å². The highest BCUT2D eigenvalue weighted by Gasteiger charge is 2.22. The van der Waals surface area contributed by atoms with Crippen molar-refractivity contribution in [3.63, 3.8) is 0 Å². The number of hydrogen-bond acceptors (Lipinski definition) is 4. The summed E-state index contributed by atoms with van der Waals surface area (Å²) in [6.07, 6.45) is 0. The second-order valence-corrected chi connectivity index (χ2v) is 8.28. The van der Waals surface area contributed by atoms with E-state index in [9.17, 15) is 4.79 Å². The van der Waals surface area contributed by atoms with Gasteiger partial charge in [-0.2, -0.15) is 0 Å². The molecule has 0 unspecified atom stereocenters. The van der Waals surface area contributed by atoms with Crippen molar-refractivity contribution in [2.45, 2.75) is 27.7 Å². The highest BCUT2D eigenvalue weighted by Crippen LogP contribution is 2.23. The number of aliphatic imine (C=N–C) groups is 1. The van der Waals surface area contributed by atoms with Gasteiger partial charge in [0.25, 0.3) is 0 Å². The Morgan fingerprint density at radius 1 is 1.00 bits per heavy atom. The van der Waals surface area contributed by atoms with Crippen LogP contribution in [0.5, 0.6) is 0 Å². The largest absolute Gasteiger partial charge is 0.368 e. The summed E-state index contributed by atoms with van der Waals surface area (Å²) in [5.74, 6) is 1.21. The Bertz CT molecular complexity index is 740. The Kier molecular flexibility index (Phi) is 10.3. The molecule has 31 heavy (non-hydrogen) atoms. The van der Waals surface area contributed by atoms with E-state index in [4.69, 9.17) is 4.99 Å². The first-order chi connectivity index (χ1) is 14.5. The summed E-state index contributed by atoms with van der Waals surface area (Å²) in [7, 11) is 0. The van der Waals surface area contributed by atoms with Gasteiger partial charge in [0.15, 0.2) is 5.96 Å². The summed E-state index contributed by atoms with van der Waals surface area (Å²) in [5.41, 5.74) is 4.10. The van der Waals surface area contributed by atoms with Gasteiger partial charge < -0.3 is 20.0 Å². The number of rotatable bonds is 5. The molecule has 2 aliphatic heterocycles. The SMILES string of the molecule is CCNC(=NCCN1CCN(C(C)=O)CC1)N1CCN(c2cccc(C)c2C)CC1.I. The van der Waals surface area contributed by atoms with Crippen LogP contribution < -0.4 is 10.2 Å². The highest BCUT2D eigenvalue weighted by molar-refractivity contribution is 14.0. The molecule has 2 saturated heterocycles. The number of benzene rings is 1. The van der Waals surface area contributed by atoms with Crippen LogP contribution >= 0.6 is 24.0 Å². The monoisotopic (exact) mass is 542 g/mol. The molecule has 1 amide bonds. The third kappa shape index (κ3) is 6.97. The van der Waals surface area contributed by atoms with Gasteiger partial charge in [-0.15, -0.1) is 24.0 Å². The van der Waals surface area contributed by atoms with Crippen LogP contribution in [0.4, 0.5) is 5.69 Å². The topological polar surface area (TPSA) is 54.4 Å². The van der Waals surface area contributed by atoms with Crippen LogP contribution in [0.25, 0.3) is 0 Å². The summed E-state index contributed by atoms with van der Waals surface area (Å²) in [6, 6.07) is 6.58. The molecule has 2 fully saturated rings. The fraction of sp³-hybridized carbons (Fsp3) is 0.652. The zero-order valence-electron chi connectivity index (χ0n) is 19.6. The first kappa shape index (κ1) is 25.7. The highest BCUT2D eigenvalue weighted by atomic mass is 127. The number of carbonyl (C=O) groups is 1. The average Bonchev–Trinajstić information content (AvgIpc) is 2.75. The van der Waals surface area contributed by atoms with Gasteiger partial charge in [0, 0.05) is 78.1 Å². The molecule has 8 heteroatoms. The molecule has 0 aromatic heterocycles. The van der Waals surface area contributed by atoms with Gasteiger partial charge in [-0.05, 0) is 38.0 Å². The molecule has 0 bridgehead atoms. The molecule has 2 aliphatic rings. The zero-order valence-corrected chi connectivity index (χ0v) is 21.9. The van der Waals surface area contributed by atoms with E-state index in [0.717, 1.165) is 78.0 Å². The Labute approximate surface area is 204 Å². The van der Waals surface area contributed by atoms with E-state index < -0.39 is 0 Å². The number of hydrogen-bond donors (Lipinski definition) is 1. The van der Waals surface area contributed by atoms with E-state index in [2.05, 4.69) is 59.0 Å². The van der Waals surface area contributed by atoms with Crippen LogP contribution in [0.3, 0.4) is 0 Å². The van der Waals surface area contributed by atoms with Gasteiger partial charge in [0.05, 0.1) is 6.54 Å². The van der Waals surface area contributed by atoms with Crippen molar-refractivity contribution in [3.05, 3.63) is 29.3 Å². The molecular formula is C23H39IN6O. The zero-order chi connectivity index (χ0) is 21.5.